The average molecular weight is 590 g/mol. The fourth-order valence-corrected chi connectivity index (χ4v) is 5.48. The third-order valence-electron chi connectivity index (χ3n) is 7.62. The molecule has 3 N–H and O–H groups in total. The van der Waals surface area contributed by atoms with E-state index in [-0.39, 0.29) is 30.1 Å². The van der Waals surface area contributed by atoms with Gasteiger partial charge in [-0.1, -0.05) is 68.4 Å². The van der Waals surface area contributed by atoms with Crippen LogP contribution in [0.4, 0.5) is 11.4 Å². The number of amides is 2. The van der Waals surface area contributed by atoms with Crippen molar-refractivity contribution < 1.29 is 9.59 Å². The maximum atomic E-state index is 13.4. The molecule has 0 unspecified atom stereocenters. The van der Waals surface area contributed by atoms with Crippen LogP contribution in [0.1, 0.15) is 61.8 Å². The zero-order chi connectivity index (χ0) is 29.2. The Labute approximate surface area is 256 Å². The Bertz CT molecular complexity index is 1320. The second-order valence-electron chi connectivity index (χ2n) is 10.8. The zero-order valence-electron chi connectivity index (χ0n) is 24.9. The normalized spacial score (nSPS) is 12.2. The summed E-state index contributed by atoms with van der Waals surface area (Å²) in [5.41, 5.74) is 11.6. The van der Waals surface area contributed by atoms with Gasteiger partial charge in [0.25, 0.3) is 0 Å². The number of nitrogens with zero attached hydrogens (tertiary/aromatic N) is 3. The van der Waals surface area contributed by atoms with E-state index in [0.717, 1.165) is 66.8 Å². The highest BCUT2D eigenvalue weighted by Gasteiger charge is 2.24. The molecule has 0 saturated carbocycles. The molecule has 224 valence electrons. The van der Waals surface area contributed by atoms with Gasteiger partial charge >= 0.3 is 0 Å². The Hall–Kier alpha value is -3.84. The molecule has 0 fully saturated rings. The van der Waals surface area contributed by atoms with Crippen molar-refractivity contribution in [3.63, 3.8) is 0 Å². The number of amidine groups is 1. The van der Waals surface area contributed by atoms with E-state index in [4.69, 9.17) is 11.1 Å². The Kier molecular flexibility index (Phi) is 12.4. The molecule has 1 aliphatic rings. The maximum absolute atomic E-state index is 13.4. The minimum Gasteiger partial charge on any atom is -0.384 e. The van der Waals surface area contributed by atoms with Crippen LogP contribution in [0, 0.1) is 5.41 Å². The molecule has 0 aliphatic carbocycles. The summed E-state index contributed by atoms with van der Waals surface area (Å²) in [6, 6.07) is 24.1. The number of nitrogens with two attached hydrogens (primary N) is 1. The summed E-state index contributed by atoms with van der Waals surface area (Å²) in [7, 11) is 0. The number of aryl methyl sites for hydroxylation is 2. The van der Waals surface area contributed by atoms with Gasteiger partial charge in [-0.2, -0.15) is 0 Å². The summed E-state index contributed by atoms with van der Waals surface area (Å²) < 4.78 is 0. The van der Waals surface area contributed by atoms with Gasteiger partial charge in [0.05, 0.1) is 6.54 Å². The molecule has 0 bridgehead atoms. The highest BCUT2D eigenvalue weighted by atomic mass is 35.5. The molecule has 0 radical (unpaired) electrons. The van der Waals surface area contributed by atoms with Crippen molar-refractivity contribution in [1.82, 2.24) is 4.90 Å². The number of hydrogen-bond acceptors (Lipinski definition) is 4. The Balaban J connectivity index is 0.00000484. The SMILES string of the molecule is CCCN(CCC)C(=O)CN(Cc1ccccc1)c1ccc2c(c1)CCCN2C(=O)CCc1ccc(C(=N)N)cc1.Cl. The Morgan fingerprint density at radius 1 is 0.929 bits per heavy atom. The van der Waals surface area contributed by atoms with Crippen molar-refractivity contribution in [3.8, 4) is 0 Å². The molecule has 0 saturated heterocycles. The molecule has 8 heteroatoms. The van der Waals surface area contributed by atoms with Gasteiger partial charge in [-0.15, -0.1) is 12.4 Å². The third-order valence-corrected chi connectivity index (χ3v) is 7.62. The number of nitrogens with one attached hydrogen (secondary N) is 1. The van der Waals surface area contributed by atoms with Crippen molar-refractivity contribution in [1.29, 1.82) is 5.41 Å². The number of rotatable bonds is 13. The smallest absolute Gasteiger partial charge is 0.242 e. The number of anilines is 2. The van der Waals surface area contributed by atoms with Gasteiger partial charge in [-0.05, 0) is 67.0 Å². The molecule has 7 nitrogen and oxygen atoms in total. The van der Waals surface area contributed by atoms with Crippen LogP contribution in [-0.4, -0.2) is 48.7 Å². The topological polar surface area (TPSA) is 93.7 Å². The van der Waals surface area contributed by atoms with Crippen LogP contribution >= 0.6 is 12.4 Å². The Morgan fingerprint density at radius 2 is 1.62 bits per heavy atom. The van der Waals surface area contributed by atoms with E-state index >= 15 is 0 Å². The van der Waals surface area contributed by atoms with Crippen molar-refractivity contribution in [2.45, 2.75) is 58.9 Å². The van der Waals surface area contributed by atoms with E-state index in [1.165, 1.54) is 0 Å². The molecule has 3 aromatic rings. The second-order valence-corrected chi connectivity index (χ2v) is 10.8. The molecule has 1 heterocycles. The standard InChI is InChI=1S/C34H43N5O2.ClH/c1-3-20-37(21-4-2)33(41)25-38(24-27-9-6-5-7-10-27)30-17-18-31-29(23-30)11-8-22-39(31)32(40)19-14-26-12-15-28(16-13-26)34(35)36;/h5-7,9-10,12-13,15-18,23H,3-4,8,11,14,19-22,24-25H2,1-2H3,(H3,35,36);1H. The quantitative estimate of drug-likeness (QED) is 0.190. The van der Waals surface area contributed by atoms with Crippen LogP contribution in [0.15, 0.2) is 72.8 Å². The summed E-state index contributed by atoms with van der Waals surface area (Å²) in [6.45, 7) is 7.43. The van der Waals surface area contributed by atoms with Gasteiger partial charge in [-0.3, -0.25) is 15.0 Å². The monoisotopic (exact) mass is 589 g/mol. The minimum absolute atomic E-state index is 0. The highest BCUT2D eigenvalue weighted by Crippen LogP contribution is 2.32. The van der Waals surface area contributed by atoms with Crippen molar-refractivity contribution in [2.24, 2.45) is 5.73 Å². The van der Waals surface area contributed by atoms with Crippen molar-refractivity contribution >= 4 is 41.4 Å². The lowest BCUT2D eigenvalue weighted by atomic mass is 9.99. The van der Waals surface area contributed by atoms with E-state index < -0.39 is 0 Å². The number of nitrogen functional groups attached to an aromatic ring is 1. The summed E-state index contributed by atoms with van der Waals surface area (Å²) in [5, 5.41) is 7.56. The molecule has 0 spiro atoms. The van der Waals surface area contributed by atoms with Crippen LogP contribution < -0.4 is 15.5 Å². The lowest BCUT2D eigenvalue weighted by Gasteiger charge is -2.33. The van der Waals surface area contributed by atoms with Crippen molar-refractivity contribution in [2.75, 3.05) is 36.0 Å². The fourth-order valence-electron chi connectivity index (χ4n) is 5.48. The lowest BCUT2D eigenvalue weighted by molar-refractivity contribution is -0.129. The average Bonchev–Trinajstić information content (AvgIpc) is 2.99. The van der Waals surface area contributed by atoms with Crippen molar-refractivity contribution in [3.05, 3.63) is 95.1 Å². The summed E-state index contributed by atoms with van der Waals surface area (Å²) in [6.07, 6.45) is 4.76. The molecule has 4 rings (SSSR count). The molecule has 3 aromatic carbocycles. The Morgan fingerprint density at radius 3 is 2.26 bits per heavy atom. The van der Waals surface area contributed by atoms with E-state index in [9.17, 15) is 9.59 Å². The van der Waals surface area contributed by atoms with Gasteiger partial charge in [0.2, 0.25) is 11.8 Å². The van der Waals surface area contributed by atoms with Crippen LogP contribution in [0.5, 0.6) is 0 Å². The van der Waals surface area contributed by atoms with Crippen LogP contribution in [0.3, 0.4) is 0 Å². The predicted molar refractivity (Wildman–Crippen MR) is 175 cm³/mol. The number of carbonyl (C=O) groups excluding carboxylic acids is 2. The predicted octanol–water partition coefficient (Wildman–Crippen LogP) is 5.96. The summed E-state index contributed by atoms with van der Waals surface area (Å²) in [4.78, 5) is 32.8. The third kappa shape index (κ3) is 8.58. The van der Waals surface area contributed by atoms with Gasteiger partial charge in [0.1, 0.15) is 5.84 Å². The molecule has 2 amide bonds. The first-order valence-electron chi connectivity index (χ1n) is 14.8. The van der Waals surface area contributed by atoms with Gasteiger partial charge in [0.15, 0.2) is 0 Å². The van der Waals surface area contributed by atoms with E-state index in [1.54, 1.807) is 0 Å². The number of hydrogen-bond donors (Lipinski definition) is 2. The molecule has 1 aliphatic heterocycles. The van der Waals surface area contributed by atoms with Crippen LogP contribution in [-0.2, 0) is 29.0 Å². The van der Waals surface area contributed by atoms with Crippen LogP contribution in [0.25, 0.3) is 0 Å². The first-order valence-corrected chi connectivity index (χ1v) is 14.8. The highest BCUT2D eigenvalue weighted by molar-refractivity contribution is 5.96. The summed E-state index contributed by atoms with van der Waals surface area (Å²) in [5.74, 6) is 0.304. The largest absolute Gasteiger partial charge is 0.384 e. The lowest BCUT2D eigenvalue weighted by Crippen LogP contribution is -2.41. The van der Waals surface area contributed by atoms with Gasteiger partial charge in [0, 0.05) is 49.5 Å². The maximum Gasteiger partial charge on any atom is 0.242 e. The molecule has 0 atom stereocenters. The zero-order valence-corrected chi connectivity index (χ0v) is 25.7. The fraction of sp³-hybridized carbons (Fsp3) is 0.382. The van der Waals surface area contributed by atoms with Gasteiger partial charge in [-0.25, -0.2) is 0 Å². The van der Waals surface area contributed by atoms with Gasteiger partial charge < -0.3 is 20.4 Å². The van der Waals surface area contributed by atoms with E-state index in [2.05, 4.69) is 49.1 Å². The minimum atomic E-state index is 0. The summed E-state index contributed by atoms with van der Waals surface area (Å²) >= 11 is 0. The molecule has 42 heavy (non-hydrogen) atoms. The van der Waals surface area contributed by atoms with E-state index in [0.29, 0.717) is 38.0 Å². The van der Waals surface area contributed by atoms with Crippen LogP contribution in [0.2, 0.25) is 0 Å². The number of fused-ring (bicyclic) bond motifs is 1. The van der Waals surface area contributed by atoms with E-state index in [1.807, 2.05) is 52.3 Å². The molecule has 0 aromatic heterocycles. The molecular weight excluding hydrogens is 546 g/mol. The number of benzene rings is 3. The molecular formula is C34H44ClN5O2. The number of halogens is 1. The second kappa shape index (κ2) is 16.0. The first-order chi connectivity index (χ1) is 19.9. The first kappa shape index (κ1) is 32.7. The number of carbonyl (C=O) groups is 2.